The highest BCUT2D eigenvalue weighted by Gasteiger charge is 2.20. The van der Waals surface area contributed by atoms with E-state index in [-0.39, 0.29) is 17.1 Å². The van der Waals surface area contributed by atoms with Gasteiger partial charge < -0.3 is 10.1 Å². The molecule has 0 heterocycles. The molecule has 0 aliphatic rings. The maximum atomic E-state index is 11.8. The Morgan fingerprint density at radius 1 is 1.25 bits per heavy atom. The van der Waals surface area contributed by atoms with E-state index in [1.807, 2.05) is 38.1 Å². The molecule has 0 fully saturated rings. The number of nitrogens with one attached hydrogen (secondary N) is 1. The summed E-state index contributed by atoms with van der Waals surface area (Å²) in [6, 6.07) is 7.46. The van der Waals surface area contributed by atoms with Gasteiger partial charge in [0.2, 0.25) is 5.91 Å². The van der Waals surface area contributed by atoms with E-state index in [1.54, 1.807) is 0 Å². The number of hydrogen-bond donors (Lipinski definition) is 1. The van der Waals surface area contributed by atoms with E-state index in [0.717, 1.165) is 23.4 Å². The quantitative estimate of drug-likeness (QED) is 0.618. The van der Waals surface area contributed by atoms with Crippen LogP contribution in [0.25, 0.3) is 0 Å². The molecule has 1 unspecified atom stereocenters. The van der Waals surface area contributed by atoms with Crippen LogP contribution in [0, 0.1) is 0 Å². The predicted molar refractivity (Wildman–Crippen MR) is 81.9 cm³/mol. The van der Waals surface area contributed by atoms with Gasteiger partial charge in [-0.25, -0.2) is 0 Å². The second-order valence-corrected chi connectivity index (χ2v) is 5.63. The van der Waals surface area contributed by atoms with Crippen molar-refractivity contribution in [2.75, 3.05) is 11.9 Å². The molecule has 5 heteroatoms. The minimum Gasteiger partial charge on any atom is -0.465 e. The summed E-state index contributed by atoms with van der Waals surface area (Å²) in [6.07, 6.45) is 1.72. The van der Waals surface area contributed by atoms with Gasteiger partial charge in [-0.2, -0.15) is 0 Å². The van der Waals surface area contributed by atoms with Crippen LogP contribution in [-0.4, -0.2) is 23.7 Å². The molecule has 110 valence electrons. The summed E-state index contributed by atoms with van der Waals surface area (Å²) in [7, 11) is 0. The summed E-state index contributed by atoms with van der Waals surface area (Å²) in [5.41, 5.74) is 0.755. The largest absolute Gasteiger partial charge is 0.465 e. The van der Waals surface area contributed by atoms with Crippen molar-refractivity contribution in [1.29, 1.82) is 0 Å². The van der Waals surface area contributed by atoms with E-state index in [9.17, 15) is 9.59 Å². The second-order valence-electron chi connectivity index (χ2n) is 4.35. The smallest absolute Gasteiger partial charge is 0.319 e. The SMILES string of the molecule is CCCC(Sc1ccc(NC(C)=O)cc1)C(=O)OCC. The molecular formula is C15H21NO3S. The third-order valence-corrected chi connectivity index (χ3v) is 3.81. The summed E-state index contributed by atoms with van der Waals surface area (Å²) in [5.74, 6) is -0.258. The molecular weight excluding hydrogens is 274 g/mol. The molecule has 0 aliphatic carbocycles. The number of esters is 1. The van der Waals surface area contributed by atoms with Gasteiger partial charge in [0.15, 0.2) is 0 Å². The van der Waals surface area contributed by atoms with Crippen molar-refractivity contribution >= 4 is 29.3 Å². The highest BCUT2D eigenvalue weighted by atomic mass is 32.2. The van der Waals surface area contributed by atoms with Crippen LogP contribution in [0.2, 0.25) is 0 Å². The predicted octanol–water partition coefficient (Wildman–Crippen LogP) is 3.47. The van der Waals surface area contributed by atoms with E-state index >= 15 is 0 Å². The van der Waals surface area contributed by atoms with Gasteiger partial charge in [0.1, 0.15) is 5.25 Å². The van der Waals surface area contributed by atoms with Crippen LogP contribution in [0.5, 0.6) is 0 Å². The average Bonchev–Trinajstić information content (AvgIpc) is 2.40. The van der Waals surface area contributed by atoms with Crippen molar-refractivity contribution in [2.45, 2.75) is 43.8 Å². The molecule has 1 atom stereocenters. The van der Waals surface area contributed by atoms with Gasteiger partial charge in [0, 0.05) is 17.5 Å². The van der Waals surface area contributed by atoms with Gasteiger partial charge in [0.25, 0.3) is 0 Å². The molecule has 0 saturated carbocycles. The number of anilines is 1. The Bertz CT molecular complexity index is 445. The van der Waals surface area contributed by atoms with Crippen molar-refractivity contribution in [3.63, 3.8) is 0 Å². The summed E-state index contributed by atoms with van der Waals surface area (Å²) in [4.78, 5) is 23.8. The average molecular weight is 295 g/mol. The number of amides is 1. The van der Waals surface area contributed by atoms with Crippen LogP contribution >= 0.6 is 11.8 Å². The zero-order valence-corrected chi connectivity index (χ0v) is 13.0. The molecule has 1 N–H and O–H groups in total. The molecule has 1 rings (SSSR count). The standard InChI is InChI=1S/C15H21NO3S/c1-4-6-14(15(18)19-5-2)20-13-9-7-12(8-10-13)16-11(3)17/h7-10,14H,4-6H2,1-3H3,(H,16,17). The maximum absolute atomic E-state index is 11.8. The molecule has 0 aromatic heterocycles. The van der Waals surface area contributed by atoms with Gasteiger partial charge in [-0.1, -0.05) is 13.3 Å². The number of carbonyl (C=O) groups excluding carboxylic acids is 2. The minimum atomic E-state index is -0.174. The number of benzene rings is 1. The highest BCUT2D eigenvalue weighted by Crippen LogP contribution is 2.28. The zero-order chi connectivity index (χ0) is 15.0. The van der Waals surface area contributed by atoms with E-state index in [1.165, 1.54) is 18.7 Å². The first-order valence-electron chi connectivity index (χ1n) is 6.77. The molecule has 0 spiro atoms. The number of ether oxygens (including phenoxy) is 1. The molecule has 0 bridgehead atoms. The number of hydrogen-bond acceptors (Lipinski definition) is 4. The summed E-state index contributed by atoms with van der Waals surface area (Å²) < 4.78 is 5.09. The lowest BCUT2D eigenvalue weighted by molar-refractivity contribution is -0.142. The molecule has 0 aliphatic heterocycles. The third kappa shape index (κ3) is 5.65. The van der Waals surface area contributed by atoms with E-state index in [0.29, 0.717) is 6.61 Å². The first-order valence-corrected chi connectivity index (χ1v) is 7.65. The van der Waals surface area contributed by atoms with Crippen LogP contribution in [0.3, 0.4) is 0 Å². The monoisotopic (exact) mass is 295 g/mol. The van der Waals surface area contributed by atoms with Crippen LogP contribution in [0.15, 0.2) is 29.2 Å². The maximum Gasteiger partial charge on any atom is 0.319 e. The Kier molecular flexibility index (Phi) is 7.15. The topological polar surface area (TPSA) is 55.4 Å². The lowest BCUT2D eigenvalue weighted by atomic mass is 10.2. The Labute approximate surface area is 124 Å². The van der Waals surface area contributed by atoms with E-state index in [2.05, 4.69) is 5.32 Å². The first kappa shape index (κ1) is 16.6. The molecule has 1 amide bonds. The lowest BCUT2D eigenvalue weighted by Crippen LogP contribution is -2.20. The fraction of sp³-hybridized carbons (Fsp3) is 0.467. The normalized spacial score (nSPS) is 11.8. The van der Waals surface area contributed by atoms with Gasteiger partial charge in [0.05, 0.1) is 6.61 Å². The van der Waals surface area contributed by atoms with Crippen LogP contribution < -0.4 is 5.32 Å². The van der Waals surface area contributed by atoms with Gasteiger partial charge in [-0.05, 0) is 37.6 Å². The van der Waals surface area contributed by atoms with Crippen LogP contribution in [0.4, 0.5) is 5.69 Å². The Morgan fingerprint density at radius 3 is 2.40 bits per heavy atom. The lowest BCUT2D eigenvalue weighted by Gasteiger charge is -2.14. The zero-order valence-electron chi connectivity index (χ0n) is 12.1. The molecule has 0 saturated heterocycles. The summed E-state index contributed by atoms with van der Waals surface area (Å²) >= 11 is 1.50. The fourth-order valence-corrected chi connectivity index (χ4v) is 2.85. The van der Waals surface area contributed by atoms with Crippen molar-refractivity contribution in [2.24, 2.45) is 0 Å². The number of carbonyl (C=O) groups is 2. The summed E-state index contributed by atoms with van der Waals surface area (Å²) in [6.45, 7) is 5.74. The molecule has 1 aromatic carbocycles. The van der Waals surface area contributed by atoms with Gasteiger partial charge in [-0.15, -0.1) is 11.8 Å². The number of rotatable bonds is 7. The first-order chi connectivity index (χ1) is 9.56. The van der Waals surface area contributed by atoms with Crippen molar-refractivity contribution in [3.8, 4) is 0 Å². The Hall–Kier alpha value is -1.49. The van der Waals surface area contributed by atoms with Crippen molar-refractivity contribution in [1.82, 2.24) is 0 Å². The molecule has 4 nitrogen and oxygen atoms in total. The third-order valence-electron chi connectivity index (χ3n) is 2.55. The summed E-state index contributed by atoms with van der Waals surface area (Å²) in [5, 5.41) is 2.54. The second kappa shape index (κ2) is 8.64. The van der Waals surface area contributed by atoms with Gasteiger partial charge >= 0.3 is 5.97 Å². The van der Waals surface area contributed by atoms with Crippen LogP contribution in [-0.2, 0) is 14.3 Å². The Balaban J connectivity index is 2.68. The Morgan fingerprint density at radius 2 is 1.90 bits per heavy atom. The van der Waals surface area contributed by atoms with E-state index in [4.69, 9.17) is 4.74 Å². The molecule has 0 radical (unpaired) electrons. The fourth-order valence-electron chi connectivity index (χ4n) is 1.71. The van der Waals surface area contributed by atoms with Crippen molar-refractivity contribution in [3.05, 3.63) is 24.3 Å². The van der Waals surface area contributed by atoms with Crippen molar-refractivity contribution < 1.29 is 14.3 Å². The highest BCUT2D eigenvalue weighted by molar-refractivity contribution is 8.00. The molecule has 20 heavy (non-hydrogen) atoms. The van der Waals surface area contributed by atoms with E-state index < -0.39 is 0 Å². The molecule has 1 aromatic rings. The van der Waals surface area contributed by atoms with Crippen LogP contribution in [0.1, 0.15) is 33.6 Å². The number of thioether (sulfide) groups is 1. The van der Waals surface area contributed by atoms with Gasteiger partial charge in [-0.3, -0.25) is 9.59 Å². The minimum absolute atomic E-state index is 0.0965.